The monoisotopic (exact) mass is 384 g/mol. The summed E-state index contributed by atoms with van der Waals surface area (Å²) in [6.07, 6.45) is 1.28. The van der Waals surface area contributed by atoms with E-state index in [4.69, 9.17) is 10.5 Å². The lowest BCUT2D eigenvalue weighted by Crippen LogP contribution is -2.21. The van der Waals surface area contributed by atoms with Crippen molar-refractivity contribution in [2.24, 2.45) is 5.10 Å². The fourth-order valence-electron chi connectivity index (χ4n) is 2.55. The van der Waals surface area contributed by atoms with E-state index in [1.54, 1.807) is 14.0 Å². The second-order valence-electron chi connectivity index (χ2n) is 5.89. The first kappa shape index (κ1) is 19.0. The molecule has 0 bridgehead atoms. The largest absolute Gasteiger partial charge is 0.497 e. The summed E-state index contributed by atoms with van der Waals surface area (Å²) in [5.41, 5.74) is 10.3. The summed E-state index contributed by atoms with van der Waals surface area (Å²) in [5.74, 6) is 0.449. The van der Waals surface area contributed by atoms with E-state index in [-0.39, 0.29) is 17.3 Å². The first-order valence-electron chi connectivity index (χ1n) is 8.57. The van der Waals surface area contributed by atoms with Crippen LogP contribution >= 0.6 is 0 Å². The van der Waals surface area contributed by atoms with Gasteiger partial charge in [-0.2, -0.15) is 9.78 Å². The summed E-state index contributed by atoms with van der Waals surface area (Å²) in [6.45, 7) is 3.75. The third-order valence-electron chi connectivity index (χ3n) is 3.97. The van der Waals surface area contributed by atoms with Gasteiger partial charge in [0.05, 0.1) is 18.5 Å². The van der Waals surface area contributed by atoms with Gasteiger partial charge >= 0.3 is 0 Å². The SMILES string of the molecule is CCCc1c(C(=O)N/N=C(\C)c2cccc(OC)c2)nnn1-c1nonc1N. The average Bonchev–Trinajstić information content (AvgIpc) is 3.32. The molecule has 0 aliphatic heterocycles. The molecule has 0 fully saturated rings. The van der Waals surface area contributed by atoms with Crippen LogP contribution in [-0.4, -0.2) is 44.0 Å². The number of anilines is 1. The molecule has 0 spiro atoms. The number of hydrazone groups is 1. The number of hydrogen-bond donors (Lipinski definition) is 2. The van der Waals surface area contributed by atoms with Gasteiger partial charge in [0.25, 0.3) is 5.91 Å². The molecule has 3 rings (SSSR count). The molecule has 0 radical (unpaired) electrons. The van der Waals surface area contributed by atoms with Crippen LogP contribution in [0.15, 0.2) is 34.0 Å². The van der Waals surface area contributed by atoms with Crippen LogP contribution in [-0.2, 0) is 6.42 Å². The van der Waals surface area contributed by atoms with E-state index in [1.165, 1.54) is 4.68 Å². The highest BCUT2D eigenvalue weighted by atomic mass is 16.6. The molecule has 146 valence electrons. The number of methoxy groups -OCH3 is 1. The number of benzene rings is 1. The molecule has 28 heavy (non-hydrogen) atoms. The molecule has 11 nitrogen and oxygen atoms in total. The molecule has 0 unspecified atom stereocenters. The van der Waals surface area contributed by atoms with E-state index in [2.05, 4.69) is 35.8 Å². The van der Waals surface area contributed by atoms with E-state index in [0.29, 0.717) is 23.6 Å². The van der Waals surface area contributed by atoms with Gasteiger partial charge in [-0.05, 0) is 35.8 Å². The Morgan fingerprint density at radius 3 is 2.89 bits per heavy atom. The van der Waals surface area contributed by atoms with Crippen molar-refractivity contribution in [2.75, 3.05) is 12.8 Å². The van der Waals surface area contributed by atoms with Crippen molar-refractivity contribution in [2.45, 2.75) is 26.7 Å². The van der Waals surface area contributed by atoms with E-state index < -0.39 is 5.91 Å². The molecule has 1 aromatic carbocycles. The smallest absolute Gasteiger partial charge is 0.293 e. The molecule has 0 aliphatic carbocycles. The highest BCUT2D eigenvalue weighted by Crippen LogP contribution is 2.17. The van der Waals surface area contributed by atoms with Gasteiger partial charge in [-0.1, -0.05) is 30.7 Å². The third kappa shape index (κ3) is 3.82. The Kier molecular flexibility index (Phi) is 5.63. The summed E-state index contributed by atoms with van der Waals surface area (Å²) >= 11 is 0. The van der Waals surface area contributed by atoms with Crippen LogP contribution < -0.4 is 15.9 Å². The second-order valence-corrected chi connectivity index (χ2v) is 5.89. The first-order chi connectivity index (χ1) is 13.5. The predicted molar refractivity (Wildman–Crippen MR) is 100 cm³/mol. The van der Waals surface area contributed by atoms with Crippen LogP contribution in [0.25, 0.3) is 5.82 Å². The second kappa shape index (κ2) is 8.29. The molecule has 0 saturated carbocycles. The summed E-state index contributed by atoms with van der Waals surface area (Å²) in [7, 11) is 1.59. The number of rotatable bonds is 7. The number of nitrogens with zero attached hydrogens (tertiary/aromatic N) is 6. The highest BCUT2D eigenvalue weighted by molar-refractivity contribution is 6.00. The number of aromatic nitrogens is 5. The van der Waals surface area contributed by atoms with Gasteiger partial charge < -0.3 is 10.5 Å². The van der Waals surface area contributed by atoms with E-state index in [9.17, 15) is 4.79 Å². The molecular weight excluding hydrogens is 364 g/mol. The molecule has 3 aromatic rings. The maximum Gasteiger partial charge on any atom is 0.293 e. The van der Waals surface area contributed by atoms with Crippen LogP contribution in [0.4, 0.5) is 5.82 Å². The molecule has 11 heteroatoms. The van der Waals surface area contributed by atoms with Crippen molar-refractivity contribution in [3.8, 4) is 11.6 Å². The molecule has 2 heterocycles. The van der Waals surface area contributed by atoms with Crippen molar-refractivity contribution in [1.29, 1.82) is 0 Å². The van der Waals surface area contributed by atoms with E-state index in [0.717, 1.165) is 12.0 Å². The summed E-state index contributed by atoms with van der Waals surface area (Å²) in [4.78, 5) is 12.6. The summed E-state index contributed by atoms with van der Waals surface area (Å²) in [5, 5.41) is 19.3. The van der Waals surface area contributed by atoms with E-state index in [1.807, 2.05) is 31.2 Å². The molecule has 0 aliphatic rings. The molecule has 0 saturated heterocycles. The van der Waals surface area contributed by atoms with Gasteiger partial charge in [0.2, 0.25) is 11.6 Å². The molecule has 3 N–H and O–H groups in total. The Bertz CT molecular complexity index is 1010. The lowest BCUT2D eigenvalue weighted by molar-refractivity contribution is 0.0948. The Balaban J connectivity index is 1.84. The number of ether oxygens (including phenoxy) is 1. The zero-order valence-electron chi connectivity index (χ0n) is 15.7. The van der Waals surface area contributed by atoms with Gasteiger partial charge in [0, 0.05) is 5.56 Å². The normalized spacial score (nSPS) is 11.5. The first-order valence-corrected chi connectivity index (χ1v) is 8.57. The fraction of sp³-hybridized carbons (Fsp3) is 0.294. The number of nitrogens with two attached hydrogens (primary N) is 1. The van der Waals surface area contributed by atoms with Gasteiger partial charge in [-0.25, -0.2) is 10.1 Å². The number of nitrogens with one attached hydrogen (secondary N) is 1. The van der Waals surface area contributed by atoms with Crippen LogP contribution in [0.2, 0.25) is 0 Å². The third-order valence-corrected chi connectivity index (χ3v) is 3.97. The van der Waals surface area contributed by atoms with Crippen molar-refractivity contribution in [1.82, 2.24) is 30.7 Å². The Hall–Kier alpha value is -3.76. The molecule has 0 atom stereocenters. The number of carbonyl (C=O) groups is 1. The maximum absolute atomic E-state index is 12.6. The van der Waals surface area contributed by atoms with Gasteiger partial charge in [0.15, 0.2) is 5.69 Å². The minimum Gasteiger partial charge on any atom is -0.497 e. The topological polar surface area (TPSA) is 146 Å². The lowest BCUT2D eigenvalue weighted by atomic mass is 10.1. The molecular formula is C17H20N8O3. The molecule has 1 amide bonds. The zero-order valence-corrected chi connectivity index (χ0v) is 15.7. The quantitative estimate of drug-likeness (QED) is 0.458. The van der Waals surface area contributed by atoms with Gasteiger partial charge in [-0.3, -0.25) is 4.79 Å². The highest BCUT2D eigenvalue weighted by Gasteiger charge is 2.23. The van der Waals surface area contributed by atoms with Crippen LogP contribution in [0.5, 0.6) is 5.75 Å². The Morgan fingerprint density at radius 1 is 1.39 bits per heavy atom. The van der Waals surface area contributed by atoms with Crippen molar-refractivity contribution >= 4 is 17.4 Å². The summed E-state index contributed by atoms with van der Waals surface area (Å²) < 4.78 is 11.2. The van der Waals surface area contributed by atoms with Crippen LogP contribution in [0.3, 0.4) is 0 Å². The average molecular weight is 384 g/mol. The minimum atomic E-state index is -0.494. The zero-order chi connectivity index (χ0) is 20.1. The number of hydrogen-bond acceptors (Lipinski definition) is 9. The standard InChI is InChI=1S/C17H20N8O3/c1-4-6-13-14(20-24-25(13)16-15(18)22-28-23-16)17(26)21-19-10(2)11-7-5-8-12(9-11)27-3/h5,7-9H,4,6H2,1-3H3,(H2,18,22)(H,21,26)/b19-10+. The Morgan fingerprint density at radius 2 is 2.21 bits per heavy atom. The van der Waals surface area contributed by atoms with Gasteiger partial charge in [0.1, 0.15) is 5.75 Å². The summed E-state index contributed by atoms with van der Waals surface area (Å²) in [6, 6.07) is 7.36. The maximum atomic E-state index is 12.6. The Labute approximate surface area is 160 Å². The minimum absolute atomic E-state index is 0.0566. The van der Waals surface area contributed by atoms with Crippen LogP contribution in [0.1, 0.15) is 42.0 Å². The predicted octanol–water partition coefficient (Wildman–Crippen LogP) is 1.35. The van der Waals surface area contributed by atoms with Crippen LogP contribution in [0, 0.1) is 0 Å². The number of nitrogen functional groups attached to an aromatic ring is 1. The number of amides is 1. The molecule has 2 aromatic heterocycles. The van der Waals surface area contributed by atoms with Gasteiger partial charge in [-0.15, -0.1) is 5.10 Å². The van der Waals surface area contributed by atoms with Crippen molar-refractivity contribution < 1.29 is 14.2 Å². The van der Waals surface area contributed by atoms with E-state index >= 15 is 0 Å². The number of carbonyl (C=O) groups excluding carboxylic acids is 1. The fourth-order valence-corrected chi connectivity index (χ4v) is 2.55. The van der Waals surface area contributed by atoms with Crippen molar-refractivity contribution in [3.63, 3.8) is 0 Å². The van der Waals surface area contributed by atoms with Crippen molar-refractivity contribution in [3.05, 3.63) is 41.2 Å². The lowest BCUT2D eigenvalue weighted by Gasteiger charge is -2.06.